The molecule has 0 fully saturated rings. The number of para-hydroxylation sites is 1. The van der Waals surface area contributed by atoms with Crippen molar-refractivity contribution < 1.29 is 0 Å². The first kappa shape index (κ1) is 9.73. The number of nitrogens with one attached hydrogen (secondary N) is 1. The highest BCUT2D eigenvalue weighted by molar-refractivity contribution is 6.30. The van der Waals surface area contributed by atoms with E-state index in [4.69, 9.17) is 11.6 Å². The van der Waals surface area contributed by atoms with Crippen LogP contribution in [0.5, 0.6) is 0 Å². The molecule has 80 valence electrons. The molecule has 0 saturated carbocycles. The zero-order chi connectivity index (χ0) is 11.0. The highest BCUT2D eigenvalue weighted by Gasteiger charge is 2.11. The molecule has 1 nitrogen and oxygen atoms in total. The predicted molar refractivity (Wildman–Crippen MR) is 68.0 cm³/mol. The van der Waals surface area contributed by atoms with Gasteiger partial charge in [-0.25, -0.2) is 0 Å². The van der Waals surface area contributed by atoms with E-state index in [1.165, 1.54) is 22.4 Å². The van der Waals surface area contributed by atoms with Crippen molar-refractivity contribution in [3.8, 4) is 0 Å². The van der Waals surface area contributed by atoms with E-state index < -0.39 is 0 Å². The van der Waals surface area contributed by atoms with Crippen LogP contribution >= 0.6 is 11.6 Å². The second-order valence-corrected chi connectivity index (χ2v) is 4.54. The largest absolute Gasteiger partial charge is 0.381 e. The number of benzene rings is 2. The van der Waals surface area contributed by atoms with Gasteiger partial charge in [-0.3, -0.25) is 0 Å². The minimum atomic E-state index is 0.812. The van der Waals surface area contributed by atoms with Gasteiger partial charge in [-0.15, -0.1) is 0 Å². The van der Waals surface area contributed by atoms with Crippen molar-refractivity contribution in [2.75, 3.05) is 5.32 Å². The molecule has 1 heterocycles. The van der Waals surface area contributed by atoms with Gasteiger partial charge >= 0.3 is 0 Å². The first-order valence-corrected chi connectivity index (χ1v) is 5.80. The van der Waals surface area contributed by atoms with E-state index in [9.17, 15) is 0 Å². The van der Waals surface area contributed by atoms with Gasteiger partial charge in [0.25, 0.3) is 0 Å². The minimum Gasteiger partial charge on any atom is -0.381 e. The lowest BCUT2D eigenvalue weighted by Crippen LogP contribution is -1.98. The Labute approximate surface area is 100 Å². The summed E-state index contributed by atoms with van der Waals surface area (Å²) in [6.07, 6.45) is 0.982. The Morgan fingerprint density at radius 1 is 0.938 bits per heavy atom. The van der Waals surface area contributed by atoms with Crippen LogP contribution in [0.4, 0.5) is 5.69 Å². The van der Waals surface area contributed by atoms with Crippen molar-refractivity contribution in [3.05, 3.63) is 64.2 Å². The maximum Gasteiger partial charge on any atom is 0.0409 e. The monoisotopic (exact) mass is 229 g/mol. The van der Waals surface area contributed by atoms with Gasteiger partial charge in [0.2, 0.25) is 0 Å². The summed E-state index contributed by atoms with van der Waals surface area (Å²) < 4.78 is 0. The first-order chi connectivity index (χ1) is 7.83. The van der Waals surface area contributed by atoms with E-state index in [0.29, 0.717) is 0 Å². The summed E-state index contributed by atoms with van der Waals surface area (Å²) in [5.41, 5.74) is 5.24. The third-order valence-electron chi connectivity index (χ3n) is 3.04. The molecule has 0 bridgehead atoms. The zero-order valence-corrected chi connectivity index (χ0v) is 9.59. The summed E-state index contributed by atoms with van der Waals surface area (Å²) in [5.74, 6) is 0. The average molecular weight is 230 g/mol. The molecule has 1 N–H and O–H groups in total. The molecule has 1 aliphatic rings. The summed E-state index contributed by atoms with van der Waals surface area (Å²) in [4.78, 5) is 0. The van der Waals surface area contributed by atoms with Crippen molar-refractivity contribution in [1.82, 2.24) is 0 Å². The Balaban J connectivity index is 2.08. The summed E-state index contributed by atoms with van der Waals surface area (Å²) >= 11 is 6.01. The number of halogens is 1. The van der Waals surface area contributed by atoms with Gasteiger partial charge in [-0.2, -0.15) is 0 Å². The Morgan fingerprint density at radius 2 is 1.81 bits per heavy atom. The van der Waals surface area contributed by atoms with Crippen LogP contribution in [0.1, 0.15) is 16.7 Å². The van der Waals surface area contributed by atoms with Crippen LogP contribution in [0, 0.1) is 0 Å². The van der Waals surface area contributed by atoms with Crippen LogP contribution in [-0.2, 0) is 13.0 Å². The fourth-order valence-electron chi connectivity index (χ4n) is 2.17. The van der Waals surface area contributed by atoms with Crippen LogP contribution < -0.4 is 5.32 Å². The van der Waals surface area contributed by atoms with E-state index in [1.54, 1.807) is 0 Å². The molecule has 16 heavy (non-hydrogen) atoms. The fraction of sp³-hybridized carbons (Fsp3) is 0.143. The molecule has 0 spiro atoms. The molecule has 1 aliphatic heterocycles. The highest BCUT2D eigenvalue weighted by Crippen LogP contribution is 2.27. The quantitative estimate of drug-likeness (QED) is 0.724. The lowest BCUT2D eigenvalue weighted by molar-refractivity contribution is 1.12. The molecular formula is C14H12ClN. The van der Waals surface area contributed by atoms with E-state index in [-0.39, 0.29) is 0 Å². The van der Waals surface area contributed by atoms with Gasteiger partial charge in [0.15, 0.2) is 0 Å². The average Bonchev–Trinajstić information content (AvgIpc) is 2.48. The van der Waals surface area contributed by atoms with E-state index in [2.05, 4.69) is 41.7 Å². The Morgan fingerprint density at radius 3 is 2.75 bits per heavy atom. The summed E-state index contributed by atoms with van der Waals surface area (Å²) in [6, 6.07) is 14.6. The zero-order valence-electron chi connectivity index (χ0n) is 8.83. The van der Waals surface area contributed by atoms with Crippen molar-refractivity contribution >= 4 is 17.3 Å². The van der Waals surface area contributed by atoms with Gasteiger partial charge in [0, 0.05) is 17.3 Å². The molecule has 0 unspecified atom stereocenters. The van der Waals surface area contributed by atoms with Crippen LogP contribution in [0.3, 0.4) is 0 Å². The number of anilines is 1. The van der Waals surface area contributed by atoms with Crippen LogP contribution in [-0.4, -0.2) is 0 Å². The molecule has 0 aliphatic carbocycles. The molecule has 2 aromatic rings. The smallest absolute Gasteiger partial charge is 0.0409 e. The maximum absolute atomic E-state index is 6.01. The Hall–Kier alpha value is -1.47. The molecule has 0 radical (unpaired) electrons. The molecule has 0 saturated heterocycles. The Bertz CT molecular complexity index is 534. The molecule has 2 heteroatoms. The number of rotatable bonds is 0. The van der Waals surface area contributed by atoms with Gasteiger partial charge in [0.1, 0.15) is 0 Å². The first-order valence-electron chi connectivity index (χ1n) is 5.42. The summed E-state index contributed by atoms with van der Waals surface area (Å²) in [7, 11) is 0. The maximum atomic E-state index is 6.01. The molecule has 0 aromatic heterocycles. The third kappa shape index (κ3) is 1.68. The summed E-state index contributed by atoms with van der Waals surface area (Å²) in [6.45, 7) is 0.854. The minimum absolute atomic E-state index is 0.812. The third-order valence-corrected chi connectivity index (χ3v) is 3.27. The molecule has 2 aromatic carbocycles. The van der Waals surface area contributed by atoms with Crippen molar-refractivity contribution in [2.24, 2.45) is 0 Å². The fourth-order valence-corrected chi connectivity index (χ4v) is 2.37. The molecule has 0 atom stereocenters. The Kier molecular flexibility index (Phi) is 2.33. The van der Waals surface area contributed by atoms with E-state index in [0.717, 1.165) is 18.0 Å². The van der Waals surface area contributed by atoms with Crippen molar-refractivity contribution in [2.45, 2.75) is 13.0 Å². The number of hydrogen-bond donors (Lipinski definition) is 1. The standard InChI is InChI=1S/C14H12ClN/c15-13-6-5-10-7-11-3-1-2-4-14(11)16-9-12(10)8-13/h1-6,8,16H,7,9H2. The number of fused-ring (bicyclic) bond motifs is 2. The predicted octanol–water partition coefficient (Wildman–Crippen LogP) is 3.86. The van der Waals surface area contributed by atoms with E-state index in [1.807, 2.05) is 6.07 Å². The normalized spacial score (nSPS) is 13.3. The van der Waals surface area contributed by atoms with Gasteiger partial charge < -0.3 is 5.32 Å². The van der Waals surface area contributed by atoms with Crippen LogP contribution in [0.15, 0.2) is 42.5 Å². The van der Waals surface area contributed by atoms with Crippen molar-refractivity contribution in [3.63, 3.8) is 0 Å². The van der Waals surface area contributed by atoms with Gasteiger partial charge in [-0.05, 0) is 41.3 Å². The van der Waals surface area contributed by atoms with Crippen LogP contribution in [0.2, 0.25) is 5.02 Å². The SMILES string of the molecule is Clc1ccc2c(c1)CNc1ccccc1C2. The lowest BCUT2D eigenvalue weighted by atomic mass is 10.0. The van der Waals surface area contributed by atoms with Crippen LogP contribution in [0.25, 0.3) is 0 Å². The van der Waals surface area contributed by atoms with Gasteiger partial charge in [0.05, 0.1) is 0 Å². The molecule has 0 amide bonds. The molecular weight excluding hydrogens is 218 g/mol. The molecule has 3 rings (SSSR count). The second-order valence-electron chi connectivity index (χ2n) is 4.10. The highest BCUT2D eigenvalue weighted by atomic mass is 35.5. The number of hydrogen-bond acceptors (Lipinski definition) is 1. The lowest BCUT2D eigenvalue weighted by Gasteiger charge is -2.05. The summed E-state index contributed by atoms with van der Waals surface area (Å²) in [5, 5.41) is 4.26. The second kappa shape index (κ2) is 3.84. The van der Waals surface area contributed by atoms with Crippen molar-refractivity contribution in [1.29, 1.82) is 0 Å². The van der Waals surface area contributed by atoms with Gasteiger partial charge in [-0.1, -0.05) is 35.9 Å². The topological polar surface area (TPSA) is 12.0 Å². The van der Waals surface area contributed by atoms with E-state index >= 15 is 0 Å².